The SMILES string of the molecule is OCCOc1ccncn1. The summed E-state index contributed by atoms with van der Waals surface area (Å²) in [5, 5.41) is 8.36. The standard InChI is InChI=1S/C6H8N2O2/c9-3-4-10-6-1-2-7-5-8-6/h1-2,5,9H,3-4H2. The molecule has 1 heterocycles. The van der Waals surface area contributed by atoms with Crippen molar-refractivity contribution in [3.8, 4) is 5.88 Å². The molecule has 0 aromatic carbocycles. The molecule has 0 aliphatic rings. The van der Waals surface area contributed by atoms with Gasteiger partial charge in [-0.1, -0.05) is 0 Å². The minimum Gasteiger partial charge on any atom is -0.475 e. The first-order valence-corrected chi connectivity index (χ1v) is 2.93. The zero-order valence-corrected chi connectivity index (χ0v) is 5.40. The zero-order chi connectivity index (χ0) is 7.23. The van der Waals surface area contributed by atoms with E-state index in [1.807, 2.05) is 0 Å². The molecular formula is C6H8N2O2. The van der Waals surface area contributed by atoms with Gasteiger partial charge in [0.2, 0.25) is 5.88 Å². The minimum absolute atomic E-state index is 0.00397. The van der Waals surface area contributed by atoms with Gasteiger partial charge >= 0.3 is 0 Å². The summed E-state index contributed by atoms with van der Waals surface area (Å²) in [4.78, 5) is 7.47. The molecule has 0 atom stereocenters. The third-order valence-electron chi connectivity index (χ3n) is 0.896. The topological polar surface area (TPSA) is 55.2 Å². The number of rotatable bonds is 3. The maximum atomic E-state index is 8.36. The van der Waals surface area contributed by atoms with Gasteiger partial charge in [0.1, 0.15) is 12.9 Å². The first-order valence-electron chi connectivity index (χ1n) is 2.93. The average Bonchev–Trinajstić information content (AvgIpc) is 2.03. The molecular weight excluding hydrogens is 132 g/mol. The summed E-state index contributed by atoms with van der Waals surface area (Å²) in [5.41, 5.74) is 0. The lowest BCUT2D eigenvalue weighted by Gasteiger charge is -1.99. The lowest BCUT2D eigenvalue weighted by atomic mass is 10.6. The van der Waals surface area contributed by atoms with Crippen LogP contribution in [0.25, 0.3) is 0 Å². The molecule has 0 saturated heterocycles. The van der Waals surface area contributed by atoms with Crippen LogP contribution in [0.5, 0.6) is 5.88 Å². The molecule has 0 unspecified atom stereocenters. The van der Waals surface area contributed by atoms with Gasteiger partial charge < -0.3 is 9.84 Å². The summed E-state index contributed by atoms with van der Waals surface area (Å²) in [6.45, 7) is 0.279. The zero-order valence-electron chi connectivity index (χ0n) is 5.40. The Bertz CT molecular complexity index is 178. The van der Waals surface area contributed by atoms with Gasteiger partial charge in [-0.25, -0.2) is 9.97 Å². The lowest BCUT2D eigenvalue weighted by molar-refractivity contribution is 0.196. The maximum absolute atomic E-state index is 8.36. The van der Waals surface area contributed by atoms with E-state index in [1.54, 1.807) is 12.3 Å². The molecule has 1 aromatic heterocycles. The number of aliphatic hydroxyl groups excluding tert-OH is 1. The molecule has 1 N–H and O–H groups in total. The minimum atomic E-state index is 0.00397. The molecule has 0 saturated carbocycles. The molecule has 0 amide bonds. The number of hydrogen-bond acceptors (Lipinski definition) is 4. The van der Waals surface area contributed by atoms with Crippen LogP contribution in [0.15, 0.2) is 18.6 Å². The normalized spacial score (nSPS) is 9.30. The van der Waals surface area contributed by atoms with Crippen molar-refractivity contribution < 1.29 is 9.84 Å². The van der Waals surface area contributed by atoms with E-state index in [0.29, 0.717) is 5.88 Å². The highest BCUT2D eigenvalue weighted by Gasteiger charge is 1.89. The Kier molecular flexibility index (Phi) is 2.63. The Hall–Kier alpha value is -1.16. The predicted octanol–water partition coefficient (Wildman–Crippen LogP) is -0.152. The van der Waals surface area contributed by atoms with Crippen LogP contribution in [-0.4, -0.2) is 28.3 Å². The van der Waals surface area contributed by atoms with Crippen molar-refractivity contribution in [1.29, 1.82) is 0 Å². The van der Waals surface area contributed by atoms with Crippen molar-refractivity contribution in [2.24, 2.45) is 0 Å². The maximum Gasteiger partial charge on any atom is 0.216 e. The van der Waals surface area contributed by atoms with Crippen LogP contribution in [0.4, 0.5) is 0 Å². The van der Waals surface area contributed by atoms with Crippen LogP contribution in [-0.2, 0) is 0 Å². The van der Waals surface area contributed by atoms with Crippen molar-refractivity contribution in [2.45, 2.75) is 0 Å². The molecule has 0 spiro atoms. The fourth-order valence-corrected chi connectivity index (χ4v) is 0.514. The summed E-state index contributed by atoms with van der Waals surface area (Å²) >= 11 is 0. The summed E-state index contributed by atoms with van der Waals surface area (Å²) < 4.78 is 4.95. The first-order chi connectivity index (χ1) is 4.93. The van der Waals surface area contributed by atoms with E-state index < -0.39 is 0 Å². The lowest BCUT2D eigenvalue weighted by Crippen LogP contribution is -2.02. The third kappa shape index (κ3) is 1.99. The molecule has 1 rings (SSSR count). The Morgan fingerprint density at radius 3 is 3.10 bits per heavy atom. The van der Waals surface area contributed by atoms with E-state index in [4.69, 9.17) is 9.84 Å². The average molecular weight is 140 g/mol. The second-order valence-corrected chi connectivity index (χ2v) is 1.62. The number of aliphatic hydroxyl groups is 1. The van der Waals surface area contributed by atoms with Crippen molar-refractivity contribution >= 4 is 0 Å². The third-order valence-corrected chi connectivity index (χ3v) is 0.896. The van der Waals surface area contributed by atoms with Gasteiger partial charge in [0.15, 0.2) is 0 Å². The fourth-order valence-electron chi connectivity index (χ4n) is 0.514. The Morgan fingerprint density at radius 2 is 2.50 bits per heavy atom. The number of aromatic nitrogens is 2. The molecule has 0 fully saturated rings. The molecule has 1 aromatic rings. The van der Waals surface area contributed by atoms with Crippen LogP contribution < -0.4 is 4.74 Å². The van der Waals surface area contributed by atoms with E-state index in [-0.39, 0.29) is 13.2 Å². The van der Waals surface area contributed by atoms with Crippen LogP contribution in [0.1, 0.15) is 0 Å². The molecule has 0 radical (unpaired) electrons. The smallest absolute Gasteiger partial charge is 0.216 e. The van der Waals surface area contributed by atoms with Crippen LogP contribution in [0.2, 0.25) is 0 Å². The number of nitrogens with zero attached hydrogens (tertiary/aromatic N) is 2. The molecule has 54 valence electrons. The predicted molar refractivity (Wildman–Crippen MR) is 34.6 cm³/mol. The molecule has 0 bridgehead atoms. The highest BCUT2D eigenvalue weighted by Crippen LogP contribution is 1.99. The van der Waals surface area contributed by atoms with Gasteiger partial charge in [-0.2, -0.15) is 0 Å². The van der Waals surface area contributed by atoms with E-state index in [2.05, 4.69) is 9.97 Å². The number of hydrogen-bond donors (Lipinski definition) is 1. The highest BCUT2D eigenvalue weighted by atomic mass is 16.5. The molecule has 10 heavy (non-hydrogen) atoms. The van der Waals surface area contributed by atoms with Gasteiger partial charge in [0.25, 0.3) is 0 Å². The molecule has 4 heteroatoms. The van der Waals surface area contributed by atoms with Crippen molar-refractivity contribution in [3.05, 3.63) is 18.6 Å². The second-order valence-electron chi connectivity index (χ2n) is 1.62. The summed E-state index contributed by atoms with van der Waals surface area (Å²) in [5.74, 6) is 0.490. The second kappa shape index (κ2) is 3.79. The molecule has 0 aliphatic carbocycles. The Morgan fingerprint density at radius 1 is 1.60 bits per heavy atom. The monoisotopic (exact) mass is 140 g/mol. The molecule has 4 nitrogen and oxygen atoms in total. The summed E-state index contributed by atoms with van der Waals surface area (Å²) in [6, 6.07) is 1.63. The van der Waals surface area contributed by atoms with Crippen molar-refractivity contribution in [2.75, 3.05) is 13.2 Å². The first kappa shape index (κ1) is 6.95. The van der Waals surface area contributed by atoms with Crippen molar-refractivity contribution in [3.63, 3.8) is 0 Å². The van der Waals surface area contributed by atoms with E-state index in [9.17, 15) is 0 Å². The van der Waals surface area contributed by atoms with Gasteiger partial charge in [-0.15, -0.1) is 0 Å². The van der Waals surface area contributed by atoms with Gasteiger partial charge in [-0.05, 0) is 0 Å². The number of ether oxygens (including phenoxy) is 1. The van der Waals surface area contributed by atoms with Crippen molar-refractivity contribution in [1.82, 2.24) is 9.97 Å². The van der Waals surface area contributed by atoms with E-state index >= 15 is 0 Å². The van der Waals surface area contributed by atoms with Gasteiger partial charge in [0, 0.05) is 12.3 Å². The van der Waals surface area contributed by atoms with Gasteiger partial charge in [0.05, 0.1) is 6.61 Å². The summed E-state index contributed by atoms with van der Waals surface area (Å²) in [6.07, 6.45) is 2.98. The largest absolute Gasteiger partial charge is 0.475 e. The fraction of sp³-hybridized carbons (Fsp3) is 0.333. The molecule has 0 aliphatic heterocycles. The summed E-state index contributed by atoms with van der Waals surface area (Å²) in [7, 11) is 0. The Balaban J connectivity index is 2.43. The highest BCUT2D eigenvalue weighted by molar-refractivity contribution is 5.03. The van der Waals surface area contributed by atoms with E-state index in [1.165, 1.54) is 6.33 Å². The van der Waals surface area contributed by atoms with Crippen LogP contribution in [0.3, 0.4) is 0 Å². The van der Waals surface area contributed by atoms with Crippen LogP contribution >= 0.6 is 0 Å². The Labute approximate surface area is 58.5 Å². The van der Waals surface area contributed by atoms with Crippen LogP contribution in [0, 0.1) is 0 Å². The quantitative estimate of drug-likeness (QED) is 0.634. The van der Waals surface area contributed by atoms with Gasteiger partial charge in [-0.3, -0.25) is 0 Å². The van der Waals surface area contributed by atoms with E-state index in [0.717, 1.165) is 0 Å².